The van der Waals surface area contributed by atoms with Crippen LogP contribution >= 0.6 is 0 Å². The normalized spacial score (nSPS) is 10.4. The molecule has 0 saturated heterocycles. The number of benzene rings is 4. The summed E-state index contributed by atoms with van der Waals surface area (Å²) in [5.74, 6) is 13.1. The first-order valence-electron chi connectivity index (χ1n) is 12.8. The molecule has 0 heteroatoms. The van der Waals surface area contributed by atoms with E-state index in [0.29, 0.717) is 0 Å². The van der Waals surface area contributed by atoms with Crippen molar-refractivity contribution >= 4 is 12.2 Å². The van der Waals surface area contributed by atoms with E-state index in [1.54, 1.807) is 0 Å². The number of aryl methyl sites for hydroxylation is 2. The second-order valence-corrected chi connectivity index (χ2v) is 8.97. The van der Waals surface area contributed by atoms with Crippen LogP contribution in [0.5, 0.6) is 0 Å². The molecule has 0 unspecified atom stereocenters. The van der Waals surface area contributed by atoms with Gasteiger partial charge in [-0.15, -0.1) is 0 Å². The predicted octanol–water partition coefficient (Wildman–Crippen LogP) is 8.56. The molecule has 176 valence electrons. The van der Waals surface area contributed by atoms with Crippen LogP contribution in [0, 0.1) is 23.7 Å². The molecule has 4 aromatic carbocycles. The average Bonchev–Trinajstić information content (AvgIpc) is 2.93. The molecule has 0 spiro atoms. The highest BCUT2D eigenvalue weighted by Crippen LogP contribution is 2.12. The van der Waals surface area contributed by atoms with Crippen LogP contribution < -0.4 is 0 Å². The molecule has 0 aliphatic rings. The van der Waals surface area contributed by atoms with E-state index in [2.05, 4.69) is 147 Å². The third kappa shape index (κ3) is 7.63. The molecular weight excluding hydrogens is 432 g/mol. The number of rotatable bonds is 6. The van der Waals surface area contributed by atoms with E-state index >= 15 is 0 Å². The molecule has 4 rings (SSSR count). The first kappa shape index (κ1) is 24.9. The van der Waals surface area contributed by atoms with Crippen molar-refractivity contribution in [2.45, 2.75) is 39.5 Å². The van der Waals surface area contributed by atoms with Crippen LogP contribution in [0.25, 0.3) is 12.2 Å². The van der Waals surface area contributed by atoms with Gasteiger partial charge < -0.3 is 0 Å². The van der Waals surface area contributed by atoms with Gasteiger partial charge in [-0.3, -0.25) is 0 Å². The van der Waals surface area contributed by atoms with Crippen LogP contribution in [-0.2, 0) is 12.8 Å². The highest BCUT2D eigenvalue weighted by Gasteiger charge is 1.94. The Morgan fingerprint density at radius 3 is 0.972 bits per heavy atom. The lowest BCUT2D eigenvalue weighted by molar-refractivity contribution is 0.922. The SMILES string of the molecule is CCCc1ccc(C#Cc2ccc(/C=C/c3ccc(C#Cc4ccc(CCC)cc4)cc3)cc2)cc1. The lowest BCUT2D eigenvalue weighted by Gasteiger charge is -1.98. The minimum Gasteiger partial charge on any atom is -0.0651 e. The molecule has 0 N–H and O–H groups in total. The smallest absolute Gasteiger partial charge is 0.0249 e. The van der Waals surface area contributed by atoms with Crippen molar-refractivity contribution in [1.29, 1.82) is 0 Å². The van der Waals surface area contributed by atoms with E-state index in [-0.39, 0.29) is 0 Å². The van der Waals surface area contributed by atoms with Crippen LogP contribution in [0.1, 0.15) is 71.2 Å². The highest BCUT2D eigenvalue weighted by atomic mass is 14.0. The summed E-state index contributed by atoms with van der Waals surface area (Å²) in [6.07, 6.45) is 8.83. The minimum atomic E-state index is 1.02. The monoisotopic (exact) mass is 464 g/mol. The Kier molecular flexibility index (Phi) is 8.97. The minimum absolute atomic E-state index is 1.02. The molecule has 0 amide bonds. The van der Waals surface area contributed by atoms with Crippen LogP contribution in [0.15, 0.2) is 97.1 Å². The van der Waals surface area contributed by atoms with E-state index in [1.807, 2.05) is 0 Å². The molecule has 0 aromatic heterocycles. The van der Waals surface area contributed by atoms with Crippen LogP contribution in [0.4, 0.5) is 0 Å². The maximum absolute atomic E-state index is 3.26. The largest absolute Gasteiger partial charge is 0.0651 e. The molecule has 0 aliphatic heterocycles. The molecule has 0 saturated carbocycles. The molecule has 0 radical (unpaired) electrons. The van der Waals surface area contributed by atoms with Gasteiger partial charge in [-0.05, 0) is 83.6 Å². The van der Waals surface area contributed by atoms with Crippen molar-refractivity contribution in [3.05, 3.63) is 142 Å². The fourth-order valence-corrected chi connectivity index (χ4v) is 3.92. The zero-order valence-corrected chi connectivity index (χ0v) is 21.2. The van der Waals surface area contributed by atoms with Crippen LogP contribution in [0.2, 0.25) is 0 Å². The maximum Gasteiger partial charge on any atom is 0.0249 e. The molecule has 0 aliphatic carbocycles. The molecule has 0 fully saturated rings. The summed E-state index contributed by atoms with van der Waals surface area (Å²) in [6, 6.07) is 33.9. The van der Waals surface area contributed by atoms with Crippen molar-refractivity contribution < 1.29 is 0 Å². The summed E-state index contributed by atoms with van der Waals surface area (Å²) in [6.45, 7) is 4.40. The van der Waals surface area contributed by atoms with E-state index < -0.39 is 0 Å². The topological polar surface area (TPSA) is 0 Å². The fraction of sp³-hybridized carbons (Fsp3) is 0.167. The van der Waals surface area contributed by atoms with Crippen molar-refractivity contribution in [2.75, 3.05) is 0 Å². The van der Waals surface area contributed by atoms with Gasteiger partial charge in [-0.1, -0.05) is 111 Å². The third-order valence-electron chi connectivity index (χ3n) is 5.98. The van der Waals surface area contributed by atoms with Gasteiger partial charge in [0.25, 0.3) is 0 Å². The van der Waals surface area contributed by atoms with Gasteiger partial charge in [0.2, 0.25) is 0 Å². The molecular formula is C36H32. The first-order valence-corrected chi connectivity index (χ1v) is 12.8. The predicted molar refractivity (Wildman–Crippen MR) is 155 cm³/mol. The molecule has 0 atom stereocenters. The molecule has 0 nitrogen and oxygen atoms in total. The van der Waals surface area contributed by atoms with Gasteiger partial charge >= 0.3 is 0 Å². The van der Waals surface area contributed by atoms with Crippen molar-refractivity contribution in [3.63, 3.8) is 0 Å². The van der Waals surface area contributed by atoms with Gasteiger partial charge in [0.1, 0.15) is 0 Å². The molecule has 4 aromatic rings. The lowest BCUT2D eigenvalue weighted by atomic mass is 10.1. The summed E-state index contributed by atoms with van der Waals surface area (Å²) in [5.41, 5.74) is 9.19. The molecule has 0 bridgehead atoms. The Morgan fingerprint density at radius 1 is 0.417 bits per heavy atom. The van der Waals surface area contributed by atoms with Gasteiger partial charge in [0, 0.05) is 22.3 Å². The Labute approximate surface area is 216 Å². The van der Waals surface area contributed by atoms with Crippen molar-refractivity contribution in [1.82, 2.24) is 0 Å². The molecule has 0 heterocycles. The zero-order chi connectivity index (χ0) is 25.0. The second-order valence-electron chi connectivity index (χ2n) is 8.97. The standard InChI is InChI=1S/C36H32/c1-3-5-29-7-11-31(12-8-29)15-17-33-19-23-35(24-20-33)27-28-36-25-21-34(22-26-36)18-16-32-13-9-30(6-4-2)10-14-32/h7-14,19-28H,3-6H2,1-2H3/b28-27+. The van der Waals surface area contributed by atoms with E-state index in [9.17, 15) is 0 Å². The Balaban J connectivity index is 1.33. The van der Waals surface area contributed by atoms with E-state index in [0.717, 1.165) is 46.2 Å². The van der Waals surface area contributed by atoms with Gasteiger partial charge in [0.15, 0.2) is 0 Å². The van der Waals surface area contributed by atoms with Crippen molar-refractivity contribution in [3.8, 4) is 23.7 Å². The Bertz CT molecular complexity index is 1280. The Morgan fingerprint density at radius 2 is 0.694 bits per heavy atom. The third-order valence-corrected chi connectivity index (χ3v) is 5.98. The summed E-state index contributed by atoms with van der Waals surface area (Å²) >= 11 is 0. The number of hydrogen-bond donors (Lipinski definition) is 0. The van der Waals surface area contributed by atoms with Gasteiger partial charge in [-0.2, -0.15) is 0 Å². The Hall–Kier alpha value is -4.26. The van der Waals surface area contributed by atoms with Crippen LogP contribution in [0.3, 0.4) is 0 Å². The van der Waals surface area contributed by atoms with Gasteiger partial charge in [-0.25, -0.2) is 0 Å². The van der Waals surface area contributed by atoms with E-state index in [4.69, 9.17) is 0 Å². The fourth-order valence-electron chi connectivity index (χ4n) is 3.92. The lowest BCUT2D eigenvalue weighted by Crippen LogP contribution is -1.83. The first-order chi connectivity index (χ1) is 17.7. The van der Waals surface area contributed by atoms with Crippen molar-refractivity contribution in [2.24, 2.45) is 0 Å². The second kappa shape index (κ2) is 13.0. The quantitative estimate of drug-likeness (QED) is 0.198. The maximum atomic E-state index is 3.26. The zero-order valence-electron chi connectivity index (χ0n) is 21.2. The van der Waals surface area contributed by atoms with E-state index in [1.165, 1.54) is 24.0 Å². The van der Waals surface area contributed by atoms with Crippen LogP contribution in [-0.4, -0.2) is 0 Å². The number of hydrogen-bond acceptors (Lipinski definition) is 0. The summed E-state index contributed by atoms with van der Waals surface area (Å²) < 4.78 is 0. The average molecular weight is 465 g/mol. The summed E-state index contributed by atoms with van der Waals surface area (Å²) in [4.78, 5) is 0. The highest BCUT2D eigenvalue weighted by molar-refractivity contribution is 5.70. The summed E-state index contributed by atoms with van der Waals surface area (Å²) in [7, 11) is 0. The molecule has 36 heavy (non-hydrogen) atoms. The van der Waals surface area contributed by atoms with Gasteiger partial charge in [0.05, 0.1) is 0 Å². The summed E-state index contributed by atoms with van der Waals surface area (Å²) in [5, 5.41) is 0.